The molecular formula is C23H30N4O3S3. The molecule has 2 aromatic heterocycles. The van der Waals surface area contributed by atoms with E-state index in [2.05, 4.69) is 42.0 Å². The van der Waals surface area contributed by atoms with E-state index >= 15 is 0 Å². The fourth-order valence-electron chi connectivity index (χ4n) is 3.09. The standard InChI is InChI=1S/C23H30N4O3S3/c1-5-10-29-20(28)15(11-23(2,3)4)12-30-27-18(17-13-31-21(24)25-17)14-32-22-26-16-8-6-7-9-19(16)33-22/h6-9,13,15H,5,10-12,14H2,1-4H3,(H2,24,25)/b27-18+. The van der Waals surface area contributed by atoms with E-state index in [0.717, 1.165) is 21.0 Å². The second kappa shape index (κ2) is 11.8. The second-order valence-corrected chi connectivity index (χ2v) is 11.9. The third-order valence-electron chi connectivity index (χ3n) is 4.52. The third-order valence-corrected chi connectivity index (χ3v) is 7.38. The average molecular weight is 507 g/mol. The summed E-state index contributed by atoms with van der Waals surface area (Å²) in [4.78, 5) is 27.3. The highest BCUT2D eigenvalue weighted by molar-refractivity contribution is 8.01. The van der Waals surface area contributed by atoms with Crippen LogP contribution < -0.4 is 5.73 Å². The molecule has 2 N–H and O–H groups in total. The number of aromatic nitrogens is 2. The first-order chi connectivity index (χ1) is 15.7. The Balaban J connectivity index is 1.71. The number of fused-ring (bicyclic) bond motifs is 1. The molecule has 0 bridgehead atoms. The van der Waals surface area contributed by atoms with Gasteiger partial charge in [0.15, 0.2) is 9.47 Å². The van der Waals surface area contributed by atoms with Gasteiger partial charge >= 0.3 is 5.97 Å². The maximum Gasteiger partial charge on any atom is 0.312 e. The molecule has 7 nitrogen and oxygen atoms in total. The van der Waals surface area contributed by atoms with Gasteiger partial charge in [-0.25, -0.2) is 9.97 Å². The normalized spacial score (nSPS) is 13.3. The van der Waals surface area contributed by atoms with Crippen molar-refractivity contribution >= 4 is 61.5 Å². The van der Waals surface area contributed by atoms with Crippen molar-refractivity contribution < 1.29 is 14.4 Å². The van der Waals surface area contributed by atoms with Crippen molar-refractivity contribution in [1.82, 2.24) is 9.97 Å². The van der Waals surface area contributed by atoms with Crippen LogP contribution in [-0.2, 0) is 14.4 Å². The summed E-state index contributed by atoms with van der Waals surface area (Å²) in [6.07, 6.45) is 1.43. The Hall–Kier alpha value is -2.17. The van der Waals surface area contributed by atoms with Crippen molar-refractivity contribution in [3.05, 3.63) is 35.3 Å². The third kappa shape index (κ3) is 7.97. The smallest absolute Gasteiger partial charge is 0.312 e. The SMILES string of the molecule is CCCOC(=O)C(CO/N=C(\CSc1nc2ccccc2s1)c1csc(N)n1)CC(C)(C)C. The van der Waals surface area contributed by atoms with Gasteiger partial charge in [0.2, 0.25) is 0 Å². The van der Waals surface area contributed by atoms with Crippen LogP contribution in [0.15, 0.2) is 39.1 Å². The maximum atomic E-state index is 12.5. The second-order valence-electron chi connectivity index (χ2n) is 8.77. The average Bonchev–Trinajstić information content (AvgIpc) is 3.38. The molecule has 1 unspecified atom stereocenters. The van der Waals surface area contributed by atoms with Crippen molar-refractivity contribution in [2.75, 3.05) is 24.7 Å². The number of thioether (sulfide) groups is 1. The van der Waals surface area contributed by atoms with Gasteiger partial charge in [-0.05, 0) is 30.4 Å². The number of anilines is 1. The topological polar surface area (TPSA) is 99.7 Å². The molecule has 2 heterocycles. The zero-order chi connectivity index (χ0) is 23.8. The summed E-state index contributed by atoms with van der Waals surface area (Å²) in [6.45, 7) is 8.80. The number of nitrogens with two attached hydrogens (primary N) is 1. The van der Waals surface area contributed by atoms with E-state index in [1.807, 2.05) is 30.5 Å². The lowest BCUT2D eigenvalue weighted by atomic mass is 9.85. The van der Waals surface area contributed by atoms with E-state index in [0.29, 0.717) is 35.3 Å². The molecule has 0 aliphatic heterocycles. The molecular weight excluding hydrogens is 476 g/mol. The van der Waals surface area contributed by atoms with E-state index in [1.54, 1.807) is 23.1 Å². The Labute approximate surface area is 206 Å². The van der Waals surface area contributed by atoms with Crippen LogP contribution in [-0.4, -0.2) is 40.6 Å². The van der Waals surface area contributed by atoms with Crippen molar-refractivity contribution in [2.24, 2.45) is 16.5 Å². The number of nitrogen functional groups attached to an aromatic ring is 1. The summed E-state index contributed by atoms with van der Waals surface area (Å²) in [5, 5.41) is 6.69. The Morgan fingerprint density at radius 1 is 1.27 bits per heavy atom. The van der Waals surface area contributed by atoms with Gasteiger partial charge < -0.3 is 15.3 Å². The molecule has 1 aromatic carbocycles. The zero-order valence-corrected chi connectivity index (χ0v) is 21.8. The minimum Gasteiger partial charge on any atom is -0.465 e. The van der Waals surface area contributed by atoms with Crippen LogP contribution in [0.3, 0.4) is 0 Å². The number of esters is 1. The number of hydrogen-bond acceptors (Lipinski definition) is 10. The Morgan fingerprint density at radius 3 is 2.73 bits per heavy atom. The summed E-state index contributed by atoms with van der Waals surface area (Å²) >= 11 is 4.57. The highest BCUT2D eigenvalue weighted by atomic mass is 32.2. The summed E-state index contributed by atoms with van der Waals surface area (Å²) in [5.74, 6) is -0.114. The maximum absolute atomic E-state index is 12.5. The largest absolute Gasteiger partial charge is 0.465 e. The number of nitrogens with zero attached hydrogens (tertiary/aromatic N) is 3. The minimum absolute atomic E-state index is 0.0438. The molecule has 0 spiro atoms. The summed E-state index contributed by atoms with van der Waals surface area (Å²) in [6, 6.07) is 8.05. The number of ether oxygens (including phenoxy) is 1. The molecule has 0 saturated carbocycles. The van der Waals surface area contributed by atoms with E-state index in [9.17, 15) is 4.79 Å². The number of para-hydroxylation sites is 1. The zero-order valence-electron chi connectivity index (χ0n) is 19.4. The van der Waals surface area contributed by atoms with Gasteiger partial charge in [0.05, 0.1) is 22.7 Å². The van der Waals surface area contributed by atoms with Crippen LogP contribution in [0.1, 0.15) is 46.2 Å². The van der Waals surface area contributed by atoms with Crippen molar-refractivity contribution in [3.63, 3.8) is 0 Å². The van der Waals surface area contributed by atoms with Gasteiger partial charge in [-0.1, -0.05) is 56.7 Å². The number of hydrogen-bond donors (Lipinski definition) is 1. The first-order valence-electron chi connectivity index (χ1n) is 10.8. The van der Waals surface area contributed by atoms with Crippen molar-refractivity contribution in [3.8, 4) is 0 Å². The predicted octanol–water partition coefficient (Wildman–Crippen LogP) is 5.85. The molecule has 0 aliphatic carbocycles. The van der Waals surface area contributed by atoms with Crippen molar-refractivity contribution in [1.29, 1.82) is 0 Å². The summed E-state index contributed by atoms with van der Waals surface area (Å²) < 4.78 is 7.46. The van der Waals surface area contributed by atoms with Gasteiger partial charge in [-0.15, -0.1) is 22.7 Å². The van der Waals surface area contributed by atoms with E-state index < -0.39 is 0 Å². The number of carbonyl (C=O) groups excluding carboxylic acids is 1. The van der Waals surface area contributed by atoms with Crippen LogP contribution in [0.2, 0.25) is 0 Å². The van der Waals surface area contributed by atoms with E-state index in [1.165, 1.54) is 11.3 Å². The monoisotopic (exact) mass is 506 g/mol. The number of oxime groups is 1. The van der Waals surface area contributed by atoms with Gasteiger partial charge in [0.25, 0.3) is 0 Å². The molecule has 3 rings (SSSR count). The number of rotatable bonds is 11. The lowest BCUT2D eigenvalue weighted by molar-refractivity contribution is -0.152. The minimum atomic E-state index is -0.390. The first-order valence-corrected chi connectivity index (χ1v) is 13.5. The number of benzene rings is 1. The van der Waals surface area contributed by atoms with E-state index in [4.69, 9.17) is 15.3 Å². The lowest BCUT2D eigenvalue weighted by Gasteiger charge is -2.24. The Bertz CT molecular complexity index is 1060. The molecule has 178 valence electrons. The molecule has 0 radical (unpaired) electrons. The van der Waals surface area contributed by atoms with Crippen LogP contribution in [0.4, 0.5) is 5.13 Å². The van der Waals surface area contributed by atoms with Crippen LogP contribution in [0.25, 0.3) is 10.2 Å². The highest BCUT2D eigenvalue weighted by Gasteiger charge is 2.27. The fraction of sp³-hybridized carbons (Fsp3) is 0.478. The fourth-order valence-corrected chi connectivity index (χ4v) is 5.66. The molecule has 0 aliphatic rings. The Kier molecular flexibility index (Phi) is 9.10. The highest BCUT2D eigenvalue weighted by Crippen LogP contribution is 2.30. The molecule has 0 saturated heterocycles. The molecule has 33 heavy (non-hydrogen) atoms. The van der Waals surface area contributed by atoms with E-state index in [-0.39, 0.29) is 23.9 Å². The molecule has 10 heteroatoms. The van der Waals surface area contributed by atoms with Crippen LogP contribution in [0.5, 0.6) is 0 Å². The van der Waals surface area contributed by atoms with Gasteiger partial charge in [-0.3, -0.25) is 4.79 Å². The van der Waals surface area contributed by atoms with Gasteiger partial charge in [-0.2, -0.15) is 0 Å². The van der Waals surface area contributed by atoms with Gasteiger partial charge in [0.1, 0.15) is 18.0 Å². The Morgan fingerprint density at radius 2 is 2.06 bits per heavy atom. The molecule has 3 aromatic rings. The van der Waals surface area contributed by atoms with Crippen molar-refractivity contribution in [2.45, 2.75) is 44.9 Å². The molecule has 1 atom stereocenters. The summed E-state index contributed by atoms with van der Waals surface area (Å²) in [5.41, 5.74) is 8.11. The number of thiazole rings is 2. The quantitative estimate of drug-likeness (QED) is 0.151. The number of carbonyl (C=O) groups is 1. The summed E-state index contributed by atoms with van der Waals surface area (Å²) in [7, 11) is 0. The molecule has 0 amide bonds. The van der Waals surface area contributed by atoms with Crippen LogP contribution in [0, 0.1) is 11.3 Å². The predicted molar refractivity (Wildman–Crippen MR) is 138 cm³/mol. The van der Waals surface area contributed by atoms with Gasteiger partial charge in [0, 0.05) is 11.1 Å². The van der Waals surface area contributed by atoms with Crippen LogP contribution >= 0.6 is 34.4 Å². The first kappa shape index (κ1) is 25.5. The lowest BCUT2D eigenvalue weighted by Crippen LogP contribution is -2.27. The molecule has 0 fully saturated rings.